The van der Waals surface area contributed by atoms with Gasteiger partial charge in [0.2, 0.25) is 0 Å². The molecule has 10 heteroatoms. The second kappa shape index (κ2) is 18.1. The summed E-state index contributed by atoms with van der Waals surface area (Å²) in [6.45, 7) is 5.89. The van der Waals surface area contributed by atoms with Gasteiger partial charge in [-0.1, -0.05) is 103 Å². The van der Waals surface area contributed by atoms with Crippen molar-refractivity contribution in [1.82, 2.24) is 4.90 Å². The van der Waals surface area contributed by atoms with E-state index in [0.29, 0.717) is 5.75 Å². The van der Waals surface area contributed by atoms with E-state index in [-0.39, 0.29) is 26.4 Å². The number of benzene rings is 4. The van der Waals surface area contributed by atoms with E-state index in [1.165, 1.54) is 4.90 Å². The predicted octanol–water partition coefficient (Wildman–Crippen LogP) is 7.02. The molecule has 0 heterocycles. The average molecular weight is 712 g/mol. The number of methoxy groups -OCH3 is 1. The summed E-state index contributed by atoms with van der Waals surface area (Å²) in [5, 5.41) is 21.9. The van der Waals surface area contributed by atoms with Crippen LogP contribution in [0.25, 0.3) is 0 Å². The quantitative estimate of drug-likeness (QED) is 0.126. The van der Waals surface area contributed by atoms with Crippen molar-refractivity contribution in [3.05, 3.63) is 138 Å². The maximum atomic E-state index is 14.4. The highest BCUT2D eigenvalue weighted by molar-refractivity contribution is 5.69. The van der Waals surface area contributed by atoms with Crippen molar-refractivity contribution in [3.8, 4) is 5.75 Å². The number of carbonyl (C=O) groups excluding carboxylic acids is 1. The number of amides is 1. The fourth-order valence-electron chi connectivity index (χ4n) is 6.59. The zero-order valence-electron chi connectivity index (χ0n) is 30.2. The molecule has 4 aromatic carbocycles. The number of carboxylic acids is 1. The molecular weight excluding hydrogens is 662 g/mol. The van der Waals surface area contributed by atoms with Crippen LogP contribution in [0.1, 0.15) is 49.4 Å². The van der Waals surface area contributed by atoms with Crippen LogP contribution in [0, 0.1) is 5.92 Å². The van der Waals surface area contributed by atoms with Crippen LogP contribution in [0.5, 0.6) is 5.75 Å². The van der Waals surface area contributed by atoms with Crippen LogP contribution < -0.4 is 4.74 Å². The lowest BCUT2D eigenvalue weighted by Crippen LogP contribution is -2.53. The van der Waals surface area contributed by atoms with Crippen LogP contribution in [0.4, 0.5) is 4.79 Å². The van der Waals surface area contributed by atoms with E-state index >= 15 is 0 Å². The molecule has 10 nitrogen and oxygen atoms in total. The van der Waals surface area contributed by atoms with Crippen LogP contribution >= 0.6 is 0 Å². The Labute approximate surface area is 305 Å². The number of nitrogens with zero attached hydrogens (tertiary/aromatic N) is 1. The van der Waals surface area contributed by atoms with Gasteiger partial charge in [0, 0.05) is 12.5 Å². The molecule has 0 spiro atoms. The lowest BCUT2D eigenvalue weighted by molar-refractivity contribution is -0.144. The fourth-order valence-corrected chi connectivity index (χ4v) is 6.59. The first kappa shape index (κ1) is 38.5. The number of carbonyl (C=O) groups is 2. The summed E-state index contributed by atoms with van der Waals surface area (Å²) >= 11 is 0. The third-order valence-electron chi connectivity index (χ3n) is 8.94. The Hall–Kier alpha value is -4.74. The number of carboxylic acid groups (broad SMARTS) is 1. The number of hydrogen-bond acceptors (Lipinski definition) is 8. The standard InChI is InChI=1S/C42H49NO9/c1-42(2,3)52-41(47)43(25-29-20-22-33(48-4)23-21-29)37-36(34(44)24-35(45)46)38(49-26-30-14-8-5-9-15-30)40(51-28-32-18-12-7-13-19-32)39(37)50-27-31-16-10-6-11-17-31/h5-23,34,36-40,44H,24-28H2,1-4H3,(H,45,46)/t34-,36-,37-,38+,39+,40-/m0/s1. The topological polar surface area (TPSA) is 124 Å². The van der Waals surface area contributed by atoms with Gasteiger partial charge in [0.1, 0.15) is 23.6 Å². The molecule has 5 rings (SSSR count). The van der Waals surface area contributed by atoms with Crippen molar-refractivity contribution < 1.29 is 43.5 Å². The summed E-state index contributed by atoms with van der Waals surface area (Å²) in [7, 11) is 1.58. The molecule has 276 valence electrons. The van der Waals surface area contributed by atoms with Gasteiger partial charge >= 0.3 is 12.1 Å². The minimum atomic E-state index is -1.45. The summed E-state index contributed by atoms with van der Waals surface area (Å²) in [5.41, 5.74) is 2.56. The van der Waals surface area contributed by atoms with E-state index in [2.05, 4.69) is 0 Å². The number of aliphatic hydroxyl groups excluding tert-OH is 1. The van der Waals surface area contributed by atoms with Crippen LogP contribution in [0.15, 0.2) is 115 Å². The van der Waals surface area contributed by atoms with Gasteiger partial charge in [-0.05, 0) is 55.2 Å². The summed E-state index contributed by atoms with van der Waals surface area (Å²) in [4.78, 5) is 28.1. The fraction of sp³-hybridized carbons (Fsp3) is 0.381. The zero-order valence-corrected chi connectivity index (χ0v) is 30.2. The van der Waals surface area contributed by atoms with Crippen molar-refractivity contribution in [2.24, 2.45) is 5.92 Å². The molecule has 0 aromatic heterocycles. The molecule has 52 heavy (non-hydrogen) atoms. The molecule has 6 atom stereocenters. The van der Waals surface area contributed by atoms with Crippen LogP contribution in [-0.4, -0.2) is 70.3 Å². The normalized spacial score (nSPS) is 20.6. The Morgan fingerprint density at radius 2 is 1.13 bits per heavy atom. The molecule has 4 aromatic rings. The van der Waals surface area contributed by atoms with E-state index in [1.54, 1.807) is 40.0 Å². The highest BCUT2D eigenvalue weighted by Crippen LogP contribution is 2.42. The molecule has 2 N–H and O–H groups in total. The van der Waals surface area contributed by atoms with Gasteiger partial charge in [-0.15, -0.1) is 0 Å². The first-order valence-corrected chi connectivity index (χ1v) is 17.5. The third-order valence-corrected chi connectivity index (χ3v) is 8.94. The number of ether oxygens (including phenoxy) is 5. The third kappa shape index (κ3) is 10.6. The monoisotopic (exact) mass is 711 g/mol. The maximum Gasteiger partial charge on any atom is 0.410 e. The number of rotatable bonds is 16. The molecule has 0 saturated heterocycles. The van der Waals surface area contributed by atoms with Crippen LogP contribution in [0.3, 0.4) is 0 Å². The SMILES string of the molecule is COc1ccc(CN(C(=O)OC(C)(C)C)[C@@H]2[C@@H](OCc3ccccc3)[C@@H](OCc3ccccc3)[C@H](OCc3ccccc3)[C@H]2[C@@H](O)CC(=O)O)cc1. The second-order valence-corrected chi connectivity index (χ2v) is 14.0. The molecule has 1 saturated carbocycles. The van der Waals surface area contributed by atoms with Crippen molar-refractivity contribution in [3.63, 3.8) is 0 Å². The Balaban J connectivity index is 1.64. The first-order valence-electron chi connectivity index (χ1n) is 17.5. The molecule has 0 aliphatic heterocycles. The lowest BCUT2D eigenvalue weighted by Gasteiger charge is -2.39. The summed E-state index contributed by atoms with van der Waals surface area (Å²) < 4.78 is 31.5. The molecule has 1 amide bonds. The molecule has 1 aliphatic carbocycles. The number of hydrogen-bond donors (Lipinski definition) is 2. The minimum absolute atomic E-state index is 0.0574. The van der Waals surface area contributed by atoms with Gasteiger partial charge < -0.3 is 33.9 Å². The van der Waals surface area contributed by atoms with Gasteiger partial charge in [0.15, 0.2) is 0 Å². The Bertz CT molecular complexity index is 1680. The smallest absolute Gasteiger partial charge is 0.410 e. The Kier molecular flexibility index (Phi) is 13.4. The Morgan fingerprint density at radius 1 is 0.673 bits per heavy atom. The van der Waals surface area contributed by atoms with E-state index < -0.39 is 60.5 Å². The van der Waals surface area contributed by atoms with Crippen LogP contribution in [0.2, 0.25) is 0 Å². The van der Waals surface area contributed by atoms with E-state index in [1.807, 2.05) is 103 Å². The molecular formula is C42H49NO9. The van der Waals surface area contributed by atoms with E-state index in [9.17, 15) is 19.8 Å². The molecule has 1 aliphatic rings. The van der Waals surface area contributed by atoms with E-state index in [4.69, 9.17) is 23.7 Å². The average Bonchev–Trinajstić information content (AvgIpc) is 3.44. The largest absolute Gasteiger partial charge is 0.497 e. The van der Waals surface area contributed by atoms with E-state index in [0.717, 1.165) is 22.3 Å². The maximum absolute atomic E-state index is 14.4. The van der Waals surface area contributed by atoms with Gasteiger partial charge in [-0.2, -0.15) is 0 Å². The van der Waals surface area contributed by atoms with Gasteiger partial charge in [-0.25, -0.2) is 4.79 Å². The highest BCUT2D eigenvalue weighted by Gasteiger charge is 2.59. The first-order chi connectivity index (χ1) is 25.0. The molecule has 1 fully saturated rings. The van der Waals surface area contributed by atoms with Crippen molar-refractivity contribution >= 4 is 12.1 Å². The molecule has 0 radical (unpaired) electrons. The second-order valence-electron chi connectivity index (χ2n) is 14.0. The predicted molar refractivity (Wildman–Crippen MR) is 195 cm³/mol. The van der Waals surface area contributed by atoms with Crippen molar-refractivity contribution in [2.75, 3.05) is 7.11 Å². The summed E-state index contributed by atoms with van der Waals surface area (Å²) in [6.07, 6.45) is -5.31. The number of aliphatic hydroxyl groups is 1. The zero-order chi connectivity index (χ0) is 37.1. The summed E-state index contributed by atoms with van der Waals surface area (Å²) in [5.74, 6) is -1.51. The minimum Gasteiger partial charge on any atom is -0.497 e. The lowest BCUT2D eigenvalue weighted by atomic mass is 9.90. The number of aliphatic carboxylic acids is 1. The molecule has 0 bridgehead atoms. The van der Waals surface area contributed by atoms with Crippen LogP contribution in [-0.2, 0) is 50.1 Å². The van der Waals surface area contributed by atoms with Crippen molar-refractivity contribution in [2.45, 2.75) is 89.6 Å². The summed E-state index contributed by atoms with van der Waals surface area (Å²) in [6, 6.07) is 35.2. The van der Waals surface area contributed by atoms with Gasteiger partial charge in [0.25, 0.3) is 0 Å². The highest BCUT2D eigenvalue weighted by atomic mass is 16.6. The molecule has 0 unspecified atom stereocenters. The Morgan fingerprint density at radius 3 is 1.58 bits per heavy atom. The van der Waals surface area contributed by atoms with Gasteiger partial charge in [0.05, 0.1) is 51.6 Å². The van der Waals surface area contributed by atoms with Crippen molar-refractivity contribution in [1.29, 1.82) is 0 Å². The van der Waals surface area contributed by atoms with Gasteiger partial charge in [-0.3, -0.25) is 9.69 Å².